The van der Waals surface area contributed by atoms with Crippen molar-refractivity contribution in [1.29, 1.82) is 0 Å². The average Bonchev–Trinajstić information content (AvgIpc) is 2.96. The molecule has 1 aromatic rings. The van der Waals surface area contributed by atoms with Crippen LogP contribution in [-0.4, -0.2) is 36.9 Å². The maximum atomic E-state index is 12.6. The Morgan fingerprint density at radius 2 is 2.20 bits per heavy atom. The van der Waals surface area contributed by atoms with Gasteiger partial charge in [-0.2, -0.15) is 0 Å². The number of ether oxygens (including phenoxy) is 1. The number of ketones is 1. The molecule has 1 aliphatic carbocycles. The molecule has 0 spiro atoms. The third kappa shape index (κ3) is 3.93. The third-order valence-corrected chi connectivity index (χ3v) is 3.70. The van der Waals surface area contributed by atoms with E-state index in [2.05, 4.69) is 0 Å². The van der Waals surface area contributed by atoms with Gasteiger partial charge in [-0.25, -0.2) is 0 Å². The van der Waals surface area contributed by atoms with Gasteiger partial charge in [0.25, 0.3) is 0 Å². The lowest BCUT2D eigenvalue weighted by Crippen LogP contribution is -2.39. The van der Waals surface area contributed by atoms with Gasteiger partial charge in [-0.15, -0.1) is 0 Å². The van der Waals surface area contributed by atoms with Crippen molar-refractivity contribution in [3.05, 3.63) is 24.2 Å². The maximum absolute atomic E-state index is 12.6. The van der Waals surface area contributed by atoms with E-state index in [0.717, 1.165) is 5.76 Å². The number of carbonyl (C=O) groups is 2. The Morgan fingerprint density at radius 1 is 1.45 bits per heavy atom. The Balaban J connectivity index is 1.97. The number of carbonyl (C=O) groups excluding carboxylic acids is 2. The molecule has 20 heavy (non-hydrogen) atoms. The first-order valence-electron chi connectivity index (χ1n) is 7.02. The number of Topliss-reactive ketones (excluding diaryl/α,β-unsaturated/α-hetero) is 1. The van der Waals surface area contributed by atoms with Crippen LogP contribution in [0, 0.1) is 5.92 Å². The highest BCUT2D eigenvalue weighted by atomic mass is 16.5. The Labute approximate surface area is 118 Å². The van der Waals surface area contributed by atoms with Gasteiger partial charge in [0, 0.05) is 32.4 Å². The number of hydrogen-bond donors (Lipinski definition) is 0. The Bertz CT molecular complexity index is 431. The molecule has 1 aromatic heterocycles. The summed E-state index contributed by atoms with van der Waals surface area (Å²) in [6.45, 7) is 1.50. The van der Waals surface area contributed by atoms with Crippen LogP contribution < -0.4 is 0 Å². The minimum Gasteiger partial charge on any atom is -0.467 e. The number of rotatable bonds is 6. The first-order chi connectivity index (χ1) is 9.70. The first-order valence-corrected chi connectivity index (χ1v) is 7.02. The van der Waals surface area contributed by atoms with E-state index in [1.54, 1.807) is 18.3 Å². The first kappa shape index (κ1) is 14.8. The molecule has 0 saturated heterocycles. The average molecular weight is 279 g/mol. The molecule has 1 aliphatic rings. The van der Waals surface area contributed by atoms with Crippen molar-refractivity contribution < 1.29 is 18.7 Å². The highest BCUT2D eigenvalue weighted by molar-refractivity contribution is 5.84. The molecule has 0 aliphatic heterocycles. The molecular weight excluding hydrogens is 258 g/mol. The van der Waals surface area contributed by atoms with Crippen LogP contribution in [0.5, 0.6) is 0 Å². The predicted octanol–water partition coefficient (Wildman–Crippen LogP) is 2.01. The molecule has 0 atom stereocenters. The molecule has 0 radical (unpaired) electrons. The number of methoxy groups -OCH3 is 1. The fourth-order valence-corrected chi connectivity index (χ4v) is 2.50. The Morgan fingerprint density at radius 3 is 2.80 bits per heavy atom. The van der Waals surface area contributed by atoms with Crippen LogP contribution in [0.1, 0.15) is 31.4 Å². The van der Waals surface area contributed by atoms with Crippen LogP contribution in [0.15, 0.2) is 22.8 Å². The highest BCUT2D eigenvalue weighted by Gasteiger charge is 2.28. The molecule has 0 aromatic carbocycles. The van der Waals surface area contributed by atoms with E-state index >= 15 is 0 Å². The molecule has 5 nitrogen and oxygen atoms in total. The van der Waals surface area contributed by atoms with Gasteiger partial charge in [0.2, 0.25) is 5.91 Å². The van der Waals surface area contributed by atoms with Gasteiger partial charge in [-0.05, 0) is 25.0 Å². The van der Waals surface area contributed by atoms with Crippen molar-refractivity contribution >= 4 is 11.7 Å². The third-order valence-electron chi connectivity index (χ3n) is 3.70. The summed E-state index contributed by atoms with van der Waals surface area (Å²) in [6.07, 6.45) is 3.98. The Hall–Kier alpha value is -1.62. The topological polar surface area (TPSA) is 59.8 Å². The van der Waals surface area contributed by atoms with Crippen LogP contribution in [0.3, 0.4) is 0 Å². The zero-order valence-electron chi connectivity index (χ0n) is 11.8. The molecule has 1 amide bonds. The van der Waals surface area contributed by atoms with Crippen LogP contribution in [0.25, 0.3) is 0 Å². The molecule has 1 heterocycles. The summed E-state index contributed by atoms with van der Waals surface area (Å²) in [4.78, 5) is 25.6. The lowest BCUT2D eigenvalue weighted by Gasteiger charge is -2.28. The summed E-state index contributed by atoms with van der Waals surface area (Å²) < 4.78 is 10.4. The molecule has 0 bridgehead atoms. The van der Waals surface area contributed by atoms with Gasteiger partial charge in [0.1, 0.15) is 11.5 Å². The van der Waals surface area contributed by atoms with E-state index in [1.807, 2.05) is 12.1 Å². The van der Waals surface area contributed by atoms with Gasteiger partial charge in [-0.3, -0.25) is 9.59 Å². The van der Waals surface area contributed by atoms with Gasteiger partial charge in [0.15, 0.2) is 0 Å². The summed E-state index contributed by atoms with van der Waals surface area (Å²) in [6, 6.07) is 3.67. The lowest BCUT2D eigenvalue weighted by molar-refractivity contribution is -0.139. The van der Waals surface area contributed by atoms with Crippen molar-refractivity contribution in [2.75, 3.05) is 20.3 Å². The van der Waals surface area contributed by atoms with Crippen molar-refractivity contribution in [2.45, 2.75) is 32.2 Å². The minimum absolute atomic E-state index is 0.0421. The molecule has 0 N–H and O–H groups in total. The summed E-state index contributed by atoms with van der Waals surface area (Å²) in [5.74, 6) is 1.09. The Kier molecular flexibility index (Phi) is 5.35. The predicted molar refractivity (Wildman–Crippen MR) is 73.0 cm³/mol. The smallest absolute Gasteiger partial charge is 0.226 e. The van der Waals surface area contributed by atoms with Crippen LogP contribution in [0.2, 0.25) is 0 Å². The van der Waals surface area contributed by atoms with E-state index in [9.17, 15) is 9.59 Å². The molecular formula is C15H21NO4. The molecule has 2 rings (SSSR count). The van der Waals surface area contributed by atoms with Crippen molar-refractivity contribution in [3.8, 4) is 0 Å². The highest BCUT2D eigenvalue weighted by Crippen LogP contribution is 2.24. The van der Waals surface area contributed by atoms with Crippen LogP contribution in [-0.2, 0) is 20.9 Å². The van der Waals surface area contributed by atoms with Crippen LogP contribution in [0.4, 0.5) is 0 Å². The molecule has 110 valence electrons. The fourth-order valence-electron chi connectivity index (χ4n) is 2.50. The number of nitrogens with zero attached hydrogens (tertiary/aromatic N) is 1. The van der Waals surface area contributed by atoms with E-state index in [-0.39, 0.29) is 17.6 Å². The summed E-state index contributed by atoms with van der Waals surface area (Å²) in [7, 11) is 1.62. The molecule has 0 unspecified atom stereocenters. The second-order valence-electron chi connectivity index (χ2n) is 5.14. The van der Waals surface area contributed by atoms with Crippen molar-refractivity contribution in [3.63, 3.8) is 0 Å². The quantitative estimate of drug-likeness (QED) is 0.799. The van der Waals surface area contributed by atoms with E-state index < -0.39 is 0 Å². The standard InChI is InChI=1S/C15H21NO4/c1-19-10-8-16(11-14-3-2-9-20-14)15(18)12-4-6-13(17)7-5-12/h2-3,9,12H,4-8,10-11H2,1H3. The molecule has 1 fully saturated rings. The normalized spacial score (nSPS) is 16.4. The van der Waals surface area contributed by atoms with Crippen molar-refractivity contribution in [2.24, 2.45) is 5.92 Å². The summed E-state index contributed by atoms with van der Waals surface area (Å²) >= 11 is 0. The number of hydrogen-bond acceptors (Lipinski definition) is 4. The number of amides is 1. The molecule has 5 heteroatoms. The zero-order chi connectivity index (χ0) is 14.4. The van der Waals surface area contributed by atoms with E-state index in [4.69, 9.17) is 9.15 Å². The zero-order valence-corrected chi connectivity index (χ0v) is 11.8. The van der Waals surface area contributed by atoms with Gasteiger partial charge < -0.3 is 14.1 Å². The van der Waals surface area contributed by atoms with Gasteiger partial charge >= 0.3 is 0 Å². The van der Waals surface area contributed by atoms with Crippen molar-refractivity contribution in [1.82, 2.24) is 4.90 Å². The summed E-state index contributed by atoms with van der Waals surface area (Å²) in [5.41, 5.74) is 0. The minimum atomic E-state index is -0.0421. The lowest BCUT2D eigenvalue weighted by atomic mass is 9.87. The molecule has 1 saturated carbocycles. The SMILES string of the molecule is COCCN(Cc1ccco1)C(=O)C1CCC(=O)CC1. The second-order valence-corrected chi connectivity index (χ2v) is 5.14. The number of furan rings is 1. The van der Waals surface area contributed by atoms with Gasteiger partial charge in [0.05, 0.1) is 19.4 Å². The van der Waals surface area contributed by atoms with E-state index in [1.165, 1.54) is 0 Å². The fraction of sp³-hybridized carbons (Fsp3) is 0.600. The van der Waals surface area contributed by atoms with Crippen LogP contribution >= 0.6 is 0 Å². The monoisotopic (exact) mass is 279 g/mol. The second kappa shape index (κ2) is 7.24. The largest absolute Gasteiger partial charge is 0.467 e. The maximum Gasteiger partial charge on any atom is 0.226 e. The summed E-state index contributed by atoms with van der Waals surface area (Å²) in [5, 5.41) is 0. The van der Waals surface area contributed by atoms with E-state index in [0.29, 0.717) is 45.4 Å². The van der Waals surface area contributed by atoms with Gasteiger partial charge in [-0.1, -0.05) is 0 Å².